The average Bonchev–Trinajstić information content (AvgIpc) is 2.14. The fourth-order valence-electron chi connectivity index (χ4n) is 1.10. The van der Waals surface area contributed by atoms with E-state index in [0.29, 0.717) is 12.0 Å². The van der Waals surface area contributed by atoms with E-state index < -0.39 is 5.97 Å². The SMILES string of the molecule is C/C=C/C/C(C)=C(\C/C=C/C)C(=O)O. The molecule has 0 atom stereocenters. The number of carboxylic acid groups (broad SMARTS) is 1. The molecule has 0 heterocycles. The second kappa shape index (κ2) is 7.13. The van der Waals surface area contributed by atoms with Crippen molar-refractivity contribution in [2.75, 3.05) is 0 Å². The average molecular weight is 194 g/mol. The first kappa shape index (κ1) is 12.7. The Morgan fingerprint density at radius 1 is 1.14 bits per heavy atom. The smallest absolute Gasteiger partial charge is 0.331 e. The molecule has 0 aliphatic carbocycles. The van der Waals surface area contributed by atoms with Crippen molar-refractivity contribution in [2.24, 2.45) is 0 Å². The predicted octanol–water partition coefficient (Wildman–Crippen LogP) is 3.32. The van der Waals surface area contributed by atoms with E-state index in [9.17, 15) is 4.79 Å². The minimum absolute atomic E-state index is 0.501. The highest BCUT2D eigenvalue weighted by atomic mass is 16.4. The quantitative estimate of drug-likeness (QED) is 0.538. The summed E-state index contributed by atoms with van der Waals surface area (Å²) < 4.78 is 0. The zero-order valence-electron chi connectivity index (χ0n) is 9.08. The molecule has 0 aromatic rings. The van der Waals surface area contributed by atoms with Gasteiger partial charge >= 0.3 is 5.97 Å². The van der Waals surface area contributed by atoms with Gasteiger partial charge in [0, 0.05) is 5.57 Å². The molecule has 0 saturated carbocycles. The number of hydrogen-bond acceptors (Lipinski definition) is 1. The van der Waals surface area contributed by atoms with E-state index in [1.165, 1.54) is 0 Å². The Morgan fingerprint density at radius 2 is 1.64 bits per heavy atom. The molecule has 0 saturated heterocycles. The summed E-state index contributed by atoms with van der Waals surface area (Å²) in [6.45, 7) is 5.69. The molecular weight excluding hydrogens is 176 g/mol. The van der Waals surface area contributed by atoms with Gasteiger partial charge in [0.25, 0.3) is 0 Å². The maximum absolute atomic E-state index is 10.9. The molecule has 14 heavy (non-hydrogen) atoms. The maximum atomic E-state index is 10.9. The highest BCUT2D eigenvalue weighted by Gasteiger charge is 2.08. The zero-order chi connectivity index (χ0) is 11.0. The maximum Gasteiger partial charge on any atom is 0.331 e. The van der Waals surface area contributed by atoms with Gasteiger partial charge in [-0.1, -0.05) is 29.9 Å². The van der Waals surface area contributed by atoms with Crippen molar-refractivity contribution in [3.05, 3.63) is 35.5 Å². The molecule has 0 aromatic carbocycles. The largest absolute Gasteiger partial charge is 0.478 e. The van der Waals surface area contributed by atoms with Crippen molar-refractivity contribution in [1.29, 1.82) is 0 Å². The molecule has 0 fully saturated rings. The van der Waals surface area contributed by atoms with Gasteiger partial charge in [0.15, 0.2) is 0 Å². The summed E-state index contributed by atoms with van der Waals surface area (Å²) in [5.74, 6) is -0.815. The Hall–Kier alpha value is -1.31. The van der Waals surface area contributed by atoms with Crippen molar-refractivity contribution < 1.29 is 9.90 Å². The lowest BCUT2D eigenvalue weighted by Gasteiger charge is -2.03. The second-order valence-corrected chi connectivity index (χ2v) is 3.11. The molecule has 0 aliphatic heterocycles. The van der Waals surface area contributed by atoms with E-state index in [0.717, 1.165) is 12.0 Å². The molecule has 0 aromatic heterocycles. The van der Waals surface area contributed by atoms with Gasteiger partial charge in [0.05, 0.1) is 0 Å². The Kier molecular flexibility index (Phi) is 6.46. The molecule has 0 radical (unpaired) electrons. The van der Waals surface area contributed by atoms with E-state index >= 15 is 0 Å². The molecule has 0 aliphatic rings. The van der Waals surface area contributed by atoms with E-state index in [4.69, 9.17) is 5.11 Å². The molecule has 0 amide bonds. The monoisotopic (exact) mass is 194 g/mol. The number of hydrogen-bond donors (Lipinski definition) is 1. The van der Waals surface area contributed by atoms with Crippen LogP contribution in [-0.2, 0) is 4.79 Å². The van der Waals surface area contributed by atoms with Gasteiger partial charge in [-0.2, -0.15) is 0 Å². The molecule has 2 heteroatoms. The summed E-state index contributed by atoms with van der Waals surface area (Å²) in [5, 5.41) is 8.95. The van der Waals surface area contributed by atoms with E-state index in [1.54, 1.807) is 0 Å². The first-order valence-corrected chi connectivity index (χ1v) is 4.77. The summed E-state index contributed by atoms with van der Waals surface area (Å²) in [4.78, 5) is 10.9. The van der Waals surface area contributed by atoms with Crippen LogP contribution in [0.25, 0.3) is 0 Å². The lowest BCUT2D eigenvalue weighted by Crippen LogP contribution is -2.02. The van der Waals surface area contributed by atoms with Crippen LogP contribution in [0.15, 0.2) is 35.5 Å². The van der Waals surface area contributed by atoms with Crippen molar-refractivity contribution in [1.82, 2.24) is 0 Å². The first-order valence-electron chi connectivity index (χ1n) is 4.77. The summed E-state index contributed by atoms with van der Waals surface area (Å²) in [7, 11) is 0. The molecule has 2 nitrogen and oxygen atoms in total. The molecular formula is C12H18O2. The van der Waals surface area contributed by atoms with Crippen molar-refractivity contribution >= 4 is 5.97 Å². The Labute approximate surface area is 85.6 Å². The van der Waals surface area contributed by atoms with Crippen LogP contribution in [0.4, 0.5) is 0 Å². The third-order valence-electron chi connectivity index (χ3n) is 1.99. The highest BCUT2D eigenvalue weighted by Crippen LogP contribution is 2.13. The van der Waals surface area contributed by atoms with Crippen molar-refractivity contribution in [3.63, 3.8) is 0 Å². The Bertz CT molecular complexity index is 270. The van der Waals surface area contributed by atoms with Crippen LogP contribution in [0.3, 0.4) is 0 Å². The summed E-state index contributed by atoms with van der Waals surface area (Å²) in [6.07, 6.45) is 8.85. The zero-order valence-corrected chi connectivity index (χ0v) is 9.08. The lowest BCUT2D eigenvalue weighted by molar-refractivity contribution is -0.132. The lowest BCUT2D eigenvalue weighted by atomic mass is 10.0. The van der Waals surface area contributed by atoms with Gasteiger partial charge in [-0.3, -0.25) is 0 Å². The molecule has 1 N–H and O–H groups in total. The van der Waals surface area contributed by atoms with E-state index in [2.05, 4.69) is 0 Å². The van der Waals surface area contributed by atoms with Gasteiger partial charge in [0.1, 0.15) is 0 Å². The van der Waals surface area contributed by atoms with Gasteiger partial charge < -0.3 is 5.11 Å². The Morgan fingerprint density at radius 3 is 2.07 bits per heavy atom. The van der Waals surface area contributed by atoms with Gasteiger partial charge in [0.2, 0.25) is 0 Å². The van der Waals surface area contributed by atoms with Crippen LogP contribution < -0.4 is 0 Å². The minimum atomic E-state index is -0.815. The standard InChI is InChI=1S/C12H18O2/c1-4-6-8-10(3)11(12(13)14)9-7-5-2/h4-7H,8-9H2,1-3H3,(H,13,14)/b6-4+,7-5+,11-10+. The number of allylic oxidation sites excluding steroid dienone is 5. The number of carbonyl (C=O) groups is 1. The fraction of sp³-hybridized carbons (Fsp3) is 0.417. The summed E-state index contributed by atoms with van der Waals surface area (Å²) >= 11 is 0. The van der Waals surface area contributed by atoms with Gasteiger partial charge in [-0.25, -0.2) is 4.79 Å². The van der Waals surface area contributed by atoms with Crippen molar-refractivity contribution in [2.45, 2.75) is 33.6 Å². The van der Waals surface area contributed by atoms with Crippen LogP contribution in [0, 0.1) is 0 Å². The molecule has 0 rings (SSSR count). The van der Waals surface area contributed by atoms with Gasteiger partial charge in [-0.05, 0) is 33.6 Å². The van der Waals surface area contributed by atoms with Crippen LogP contribution in [0.5, 0.6) is 0 Å². The highest BCUT2D eigenvalue weighted by molar-refractivity contribution is 5.87. The summed E-state index contributed by atoms with van der Waals surface area (Å²) in [5.41, 5.74) is 1.43. The second-order valence-electron chi connectivity index (χ2n) is 3.11. The van der Waals surface area contributed by atoms with Crippen LogP contribution >= 0.6 is 0 Å². The van der Waals surface area contributed by atoms with Crippen LogP contribution in [0.2, 0.25) is 0 Å². The first-order chi connectivity index (χ1) is 6.63. The number of aliphatic carboxylic acids is 1. The Balaban J connectivity index is 4.66. The summed E-state index contributed by atoms with van der Waals surface area (Å²) in [6, 6.07) is 0. The van der Waals surface area contributed by atoms with E-state index in [-0.39, 0.29) is 0 Å². The fourth-order valence-corrected chi connectivity index (χ4v) is 1.10. The minimum Gasteiger partial charge on any atom is -0.478 e. The van der Waals surface area contributed by atoms with Crippen molar-refractivity contribution in [3.8, 4) is 0 Å². The van der Waals surface area contributed by atoms with E-state index in [1.807, 2.05) is 45.1 Å². The van der Waals surface area contributed by atoms with Crippen LogP contribution in [-0.4, -0.2) is 11.1 Å². The third-order valence-corrected chi connectivity index (χ3v) is 1.99. The predicted molar refractivity (Wildman–Crippen MR) is 59.2 cm³/mol. The normalized spacial score (nSPS) is 13.6. The number of carboxylic acids is 1. The van der Waals surface area contributed by atoms with Crippen LogP contribution in [0.1, 0.15) is 33.6 Å². The van der Waals surface area contributed by atoms with Gasteiger partial charge in [-0.15, -0.1) is 0 Å². The third kappa shape index (κ3) is 4.65. The molecule has 0 spiro atoms. The topological polar surface area (TPSA) is 37.3 Å². The number of rotatable bonds is 5. The molecule has 0 bridgehead atoms. The molecule has 78 valence electrons. The molecule has 0 unspecified atom stereocenters.